The van der Waals surface area contributed by atoms with Crippen LogP contribution >= 0.6 is 0 Å². The van der Waals surface area contributed by atoms with Crippen molar-refractivity contribution in [1.29, 1.82) is 0 Å². The van der Waals surface area contributed by atoms with Gasteiger partial charge in [-0.25, -0.2) is 4.79 Å². The van der Waals surface area contributed by atoms with Crippen LogP contribution in [0.3, 0.4) is 0 Å². The van der Waals surface area contributed by atoms with Gasteiger partial charge in [-0.15, -0.1) is 0 Å². The molecule has 0 aliphatic rings. The molecule has 3 amide bonds. The molecule has 0 heterocycles. The third kappa shape index (κ3) is 8.86. The van der Waals surface area contributed by atoms with Crippen molar-refractivity contribution >= 4 is 17.9 Å². The minimum absolute atomic E-state index is 0.0257. The Morgan fingerprint density at radius 1 is 0.875 bits per heavy atom. The highest BCUT2D eigenvalue weighted by atomic mass is 16.6. The van der Waals surface area contributed by atoms with E-state index >= 15 is 0 Å². The molecular weight excluding hydrogens is 506 g/mol. The maximum Gasteiger partial charge on any atom is 0.408 e. The van der Waals surface area contributed by atoms with Gasteiger partial charge >= 0.3 is 6.09 Å². The van der Waals surface area contributed by atoms with E-state index in [0.717, 1.165) is 11.1 Å². The molecular formula is C32H39N3O5. The van der Waals surface area contributed by atoms with Crippen LogP contribution in [0.4, 0.5) is 4.79 Å². The molecule has 2 unspecified atom stereocenters. The summed E-state index contributed by atoms with van der Waals surface area (Å²) in [6, 6.07) is 22.6. The Hall–Kier alpha value is -4.33. The van der Waals surface area contributed by atoms with Gasteiger partial charge in [-0.05, 0) is 63.4 Å². The van der Waals surface area contributed by atoms with E-state index in [2.05, 4.69) is 10.6 Å². The van der Waals surface area contributed by atoms with E-state index in [4.69, 9.17) is 4.74 Å². The monoisotopic (exact) mass is 545 g/mol. The molecule has 2 atom stereocenters. The van der Waals surface area contributed by atoms with Crippen LogP contribution in [0.5, 0.6) is 5.75 Å². The first-order chi connectivity index (χ1) is 18.9. The average molecular weight is 546 g/mol. The van der Waals surface area contributed by atoms with Gasteiger partial charge in [-0.1, -0.05) is 72.8 Å². The summed E-state index contributed by atoms with van der Waals surface area (Å²) in [4.78, 5) is 42.3. The standard InChI is InChI=1S/C32H39N3O5/c1-22(2)35(30(38)27(19-23-13-8-6-9-14-23)34-31(39)40-32(3,4)5)28(25-17-12-18-26(36)20-25)29(37)33-21-24-15-10-7-11-16-24/h6-18,20,22,27-28,36H,19,21H2,1-5H3,(H,33,37)(H,34,39). The van der Waals surface area contributed by atoms with Gasteiger partial charge in [-0.3, -0.25) is 9.59 Å². The number of nitrogens with zero attached hydrogens (tertiary/aromatic N) is 1. The zero-order chi connectivity index (χ0) is 29.3. The number of rotatable bonds is 10. The molecule has 0 fully saturated rings. The summed E-state index contributed by atoms with van der Waals surface area (Å²) < 4.78 is 5.46. The third-order valence-electron chi connectivity index (χ3n) is 6.10. The SMILES string of the molecule is CC(C)N(C(=O)C(Cc1ccccc1)NC(=O)OC(C)(C)C)C(C(=O)NCc1ccccc1)c1cccc(O)c1. The van der Waals surface area contributed by atoms with Crippen LogP contribution in [-0.4, -0.2) is 45.6 Å². The second kappa shape index (κ2) is 13.6. The molecule has 3 aromatic rings. The maximum atomic E-state index is 14.3. The molecule has 8 heteroatoms. The first-order valence-corrected chi connectivity index (χ1v) is 13.4. The highest BCUT2D eigenvalue weighted by Gasteiger charge is 2.38. The van der Waals surface area contributed by atoms with Gasteiger partial charge in [0, 0.05) is 19.0 Å². The number of hydrogen-bond donors (Lipinski definition) is 3. The number of benzene rings is 3. The molecule has 0 aliphatic carbocycles. The van der Waals surface area contributed by atoms with E-state index < -0.39 is 41.6 Å². The first-order valence-electron chi connectivity index (χ1n) is 13.4. The number of ether oxygens (including phenoxy) is 1. The highest BCUT2D eigenvalue weighted by Crippen LogP contribution is 2.28. The number of amides is 3. The van der Waals surface area contributed by atoms with Crippen LogP contribution in [-0.2, 0) is 27.3 Å². The van der Waals surface area contributed by atoms with Crippen LogP contribution in [0.15, 0.2) is 84.9 Å². The number of hydrogen-bond acceptors (Lipinski definition) is 5. The van der Waals surface area contributed by atoms with Crippen molar-refractivity contribution in [3.8, 4) is 5.75 Å². The Kier molecular flexibility index (Phi) is 10.3. The zero-order valence-electron chi connectivity index (χ0n) is 23.8. The van der Waals surface area contributed by atoms with Crippen molar-refractivity contribution in [3.05, 3.63) is 102 Å². The van der Waals surface area contributed by atoms with E-state index in [1.165, 1.54) is 17.0 Å². The van der Waals surface area contributed by atoms with E-state index in [9.17, 15) is 19.5 Å². The second-order valence-corrected chi connectivity index (χ2v) is 10.9. The number of carbonyl (C=O) groups is 3. The number of alkyl carbamates (subject to hydrolysis) is 1. The Morgan fingerprint density at radius 3 is 2.02 bits per heavy atom. The zero-order valence-corrected chi connectivity index (χ0v) is 23.8. The minimum atomic E-state index is -1.07. The summed E-state index contributed by atoms with van der Waals surface area (Å²) >= 11 is 0. The van der Waals surface area contributed by atoms with E-state index in [0.29, 0.717) is 5.56 Å². The fraction of sp³-hybridized carbons (Fsp3) is 0.344. The lowest BCUT2D eigenvalue weighted by Gasteiger charge is -2.37. The van der Waals surface area contributed by atoms with Gasteiger partial charge in [0.1, 0.15) is 23.4 Å². The number of aromatic hydroxyl groups is 1. The first kappa shape index (κ1) is 30.2. The molecule has 3 aromatic carbocycles. The molecule has 3 N–H and O–H groups in total. The smallest absolute Gasteiger partial charge is 0.408 e. The Bertz CT molecular complexity index is 1270. The van der Waals surface area contributed by atoms with Gasteiger partial charge in [0.15, 0.2) is 0 Å². The normalized spacial score (nSPS) is 12.8. The van der Waals surface area contributed by atoms with Gasteiger partial charge < -0.3 is 25.4 Å². The third-order valence-corrected chi connectivity index (χ3v) is 6.10. The quantitative estimate of drug-likeness (QED) is 0.328. The fourth-order valence-corrected chi connectivity index (χ4v) is 4.37. The molecule has 3 rings (SSSR count). The summed E-state index contributed by atoms with van der Waals surface area (Å²) in [6.07, 6.45) is -0.534. The van der Waals surface area contributed by atoms with Crippen molar-refractivity contribution in [2.45, 2.75) is 71.3 Å². The predicted octanol–water partition coefficient (Wildman–Crippen LogP) is 5.12. The molecule has 0 aromatic heterocycles. The van der Waals surface area contributed by atoms with Crippen molar-refractivity contribution < 1.29 is 24.2 Å². The molecule has 0 spiro atoms. The molecule has 0 bridgehead atoms. The van der Waals surface area contributed by atoms with Crippen LogP contribution in [0.2, 0.25) is 0 Å². The Morgan fingerprint density at radius 2 is 1.48 bits per heavy atom. The number of phenolic OH excluding ortho intramolecular Hbond substituents is 1. The molecule has 0 aliphatic heterocycles. The number of nitrogens with one attached hydrogen (secondary N) is 2. The fourth-order valence-electron chi connectivity index (χ4n) is 4.37. The number of phenols is 1. The van der Waals surface area contributed by atoms with Gasteiger partial charge in [0.2, 0.25) is 11.8 Å². The van der Waals surface area contributed by atoms with Crippen molar-refractivity contribution in [3.63, 3.8) is 0 Å². The highest BCUT2D eigenvalue weighted by molar-refractivity contribution is 5.92. The molecule has 0 radical (unpaired) electrons. The summed E-state index contributed by atoms with van der Waals surface area (Å²) in [5.41, 5.74) is 1.43. The van der Waals surface area contributed by atoms with E-state index in [1.54, 1.807) is 32.9 Å². The molecule has 0 saturated heterocycles. The van der Waals surface area contributed by atoms with Crippen LogP contribution in [0, 0.1) is 0 Å². The summed E-state index contributed by atoms with van der Waals surface area (Å²) in [5.74, 6) is -0.887. The summed E-state index contributed by atoms with van der Waals surface area (Å²) in [7, 11) is 0. The van der Waals surface area contributed by atoms with Crippen LogP contribution < -0.4 is 10.6 Å². The predicted molar refractivity (Wildman–Crippen MR) is 154 cm³/mol. The summed E-state index contributed by atoms with van der Waals surface area (Å²) in [5, 5.41) is 15.9. The largest absolute Gasteiger partial charge is 0.508 e. The maximum absolute atomic E-state index is 14.3. The van der Waals surface area contributed by atoms with Crippen molar-refractivity contribution in [1.82, 2.24) is 15.5 Å². The minimum Gasteiger partial charge on any atom is -0.508 e. The molecule has 212 valence electrons. The molecule has 40 heavy (non-hydrogen) atoms. The molecule has 8 nitrogen and oxygen atoms in total. The van der Waals surface area contributed by atoms with Gasteiger partial charge in [0.05, 0.1) is 0 Å². The molecule has 0 saturated carbocycles. The van der Waals surface area contributed by atoms with E-state index in [-0.39, 0.29) is 18.7 Å². The van der Waals surface area contributed by atoms with Crippen LogP contribution in [0.25, 0.3) is 0 Å². The lowest BCUT2D eigenvalue weighted by atomic mass is 9.98. The van der Waals surface area contributed by atoms with E-state index in [1.807, 2.05) is 74.5 Å². The average Bonchev–Trinajstić information content (AvgIpc) is 2.89. The van der Waals surface area contributed by atoms with Crippen LogP contribution in [0.1, 0.15) is 57.4 Å². The second-order valence-electron chi connectivity index (χ2n) is 10.9. The lowest BCUT2D eigenvalue weighted by Crippen LogP contribution is -2.55. The Labute approximate surface area is 236 Å². The lowest BCUT2D eigenvalue weighted by molar-refractivity contribution is -0.144. The van der Waals surface area contributed by atoms with Gasteiger partial charge in [0.25, 0.3) is 0 Å². The number of carbonyl (C=O) groups excluding carboxylic acids is 3. The summed E-state index contributed by atoms with van der Waals surface area (Å²) in [6.45, 7) is 9.12. The topological polar surface area (TPSA) is 108 Å². The van der Waals surface area contributed by atoms with Crippen molar-refractivity contribution in [2.24, 2.45) is 0 Å². The Balaban J connectivity index is 1.99. The van der Waals surface area contributed by atoms with Crippen molar-refractivity contribution in [2.75, 3.05) is 0 Å². The van der Waals surface area contributed by atoms with Gasteiger partial charge in [-0.2, -0.15) is 0 Å².